The Labute approximate surface area is 85.9 Å². The predicted molar refractivity (Wildman–Crippen MR) is 15.9 cm³/mol. The topological polar surface area (TPSA) is 17.1 Å². The summed E-state index contributed by atoms with van der Waals surface area (Å²) >= 11 is 1.47. The summed E-state index contributed by atoms with van der Waals surface area (Å²) < 4.78 is 8.44. The van der Waals surface area contributed by atoms with Crippen LogP contribution in [0.3, 0.4) is 0 Å². The van der Waals surface area contributed by atoms with Gasteiger partial charge in [-0.05, 0) is 0 Å². The van der Waals surface area contributed by atoms with Gasteiger partial charge in [0.25, 0.3) is 0 Å². The van der Waals surface area contributed by atoms with Gasteiger partial charge in [0.15, 0.2) is 0 Å². The van der Waals surface area contributed by atoms with E-state index in [0.717, 1.165) is 40.2 Å². The van der Waals surface area contributed by atoms with Crippen LogP contribution in [0.25, 0.3) is 0 Å². The van der Waals surface area contributed by atoms with E-state index in [4.69, 9.17) is 2.64 Å². The van der Waals surface area contributed by atoms with Crippen molar-refractivity contribution in [2.24, 2.45) is 0 Å². The average Bonchev–Trinajstić information content (AvgIpc) is 1.81. The van der Waals surface area contributed by atoms with E-state index in [1.807, 2.05) is 0 Å². The van der Waals surface area contributed by atoms with Crippen molar-refractivity contribution in [2.45, 2.75) is 0 Å². The third-order valence-corrected chi connectivity index (χ3v) is 0. The van der Waals surface area contributed by atoms with Crippen molar-refractivity contribution in [3.8, 4) is 0 Å². The first-order valence-electron chi connectivity index (χ1n) is 0.866. The predicted octanol–water partition coefficient (Wildman–Crippen LogP) is 1.17. The second kappa shape index (κ2) is 47.1. The van der Waals surface area contributed by atoms with Gasteiger partial charge in [-0.25, -0.2) is 0 Å². The molecule has 0 heterocycles. The third kappa shape index (κ3) is 29.7. The Hall–Kier alpha value is 2.72. The standard InChI is InChI=1S/Cd.Hg.O.2S.Zn. The summed E-state index contributed by atoms with van der Waals surface area (Å²) in [6.07, 6.45) is 0. The molecule has 24 valence electrons. The van der Waals surface area contributed by atoms with Gasteiger partial charge in [0.2, 0.25) is 0 Å². The fourth-order valence-corrected chi connectivity index (χ4v) is 0. The summed E-state index contributed by atoms with van der Waals surface area (Å²) in [4.78, 5) is 0. The Morgan fingerprint density at radius 1 is 1.33 bits per heavy atom. The van der Waals surface area contributed by atoms with Gasteiger partial charge in [-0.1, -0.05) is 0 Å². The van der Waals surface area contributed by atoms with Crippen molar-refractivity contribution in [1.82, 2.24) is 0 Å². The van der Waals surface area contributed by atoms with Crippen molar-refractivity contribution >= 4 is 18.8 Å². The molecule has 0 unspecified atom stereocenters. The minimum atomic E-state index is -0.222. The summed E-state index contributed by atoms with van der Waals surface area (Å²) in [5.74, 6) is 0. The third-order valence-electron chi connectivity index (χ3n) is 0. The maximum atomic E-state index is 8.44. The van der Waals surface area contributed by atoms with Gasteiger partial charge < -0.3 is 0 Å². The van der Waals surface area contributed by atoms with Crippen LogP contribution in [0.1, 0.15) is 0 Å². The number of hydrogen-bond acceptors (Lipinski definition) is 3. The molecule has 0 rings (SSSR count). The molecule has 0 fully saturated rings. The molecule has 0 aromatic rings. The van der Waals surface area contributed by atoms with Gasteiger partial charge in [-0.3, -0.25) is 0 Å². The van der Waals surface area contributed by atoms with Crippen LogP contribution in [0, 0.1) is 0 Å². The van der Waals surface area contributed by atoms with Crippen LogP contribution < -0.4 is 0 Å². The average molecular weight is 459 g/mol. The summed E-state index contributed by atoms with van der Waals surface area (Å²) in [7, 11) is 8.46. The molecular formula is CdHgOS2Zn. The molecule has 0 aromatic heterocycles. The molecule has 0 aliphatic heterocycles. The molecule has 0 spiro atoms. The first-order valence-corrected chi connectivity index (χ1v) is 12.8. The quantitative estimate of drug-likeness (QED) is 0.508. The summed E-state index contributed by atoms with van der Waals surface area (Å²) in [5, 5.41) is 0. The monoisotopic (exact) mass is 460 g/mol. The Bertz CT molecular complexity index is 18.3. The Kier molecular flexibility index (Phi) is 125. The molecule has 0 amide bonds. The van der Waals surface area contributed by atoms with Crippen LogP contribution in [0.2, 0.25) is 0 Å². The molecule has 0 aromatic carbocycles. The van der Waals surface area contributed by atoms with Crippen LogP contribution in [-0.2, 0) is 69.0 Å². The van der Waals surface area contributed by atoms with Gasteiger partial charge in [-0.2, -0.15) is 0 Å². The fourth-order valence-electron chi connectivity index (χ4n) is 0. The second-order valence-corrected chi connectivity index (χ2v) is 0. The van der Waals surface area contributed by atoms with E-state index in [1.54, 1.807) is 0 Å². The van der Waals surface area contributed by atoms with Crippen LogP contribution in [0.5, 0.6) is 0 Å². The van der Waals surface area contributed by atoms with E-state index >= 15 is 0 Å². The molecule has 6 heavy (non-hydrogen) atoms. The molecule has 0 aliphatic rings. The van der Waals surface area contributed by atoms with E-state index in [2.05, 4.69) is 18.8 Å². The molecule has 0 saturated heterocycles. The van der Waals surface area contributed by atoms with Crippen molar-refractivity contribution in [3.63, 3.8) is 0 Å². The molecule has 1 nitrogen and oxygen atoms in total. The van der Waals surface area contributed by atoms with Crippen molar-refractivity contribution < 1.29 is 69.0 Å². The van der Waals surface area contributed by atoms with Gasteiger partial charge in [0.05, 0.1) is 0 Å². The molecule has 0 saturated carbocycles. The van der Waals surface area contributed by atoms with Gasteiger partial charge in [-0.15, -0.1) is 0 Å². The summed E-state index contributed by atoms with van der Waals surface area (Å²) in [6.45, 7) is 0. The first kappa shape index (κ1) is 15.9. The molecule has 0 aliphatic carbocycles. The van der Waals surface area contributed by atoms with E-state index in [9.17, 15) is 0 Å². The Balaban J connectivity index is -0.0000000225. The van der Waals surface area contributed by atoms with Crippen LogP contribution in [0.15, 0.2) is 0 Å². The first-order chi connectivity index (χ1) is 3.00. The molecule has 0 N–H and O–H groups in total. The van der Waals surface area contributed by atoms with Crippen molar-refractivity contribution in [2.75, 3.05) is 0 Å². The Morgan fingerprint density at radius 3 is 1.33 bits per heavy atom. The SMILES string of the molecule is [O]=[Hg].[S]=[Cd].[S]=[Zn]. The zero-order valence-electron chi connectivity index (χ0n) is 3.35. The molecule has 0 atom stereocenters. The van der Waals surface area contributed by atoms with Crippen LogP contribution in [0.4, 0.5) is 0 Å². The summed E-state index contributed by atoms with van der Waals surface area (Å²) in [6, 6.07) is 0. The molecule has 0 bridgehead atoms. The number of hydrogen-bond donors (Lipinski definition) is 0. The zero-order chi connectivity index (χ0) is 6.00. The maximum absolute atomic E-state index is 8.44. The molecular weight excluding hydrogens is 459 g/mol. The van der Waals surface area contributed by atoms with E-state index in [1.165, 1.54) is 0 Å². The van der Waals surface area contributed by atoms with E-state index in [0.29, 0.717) is 0 Å². The molecule has 0 radical (unpaired) electrons. The number of rotatable bonds is 0. The fraction of sp³-hybridized carbons (Fsp3) is 0. The zero-order valence-corrected chi connectivity index (χ0v) is 17.5. The van der Waals surface area contributed by atoms with Crippen molar-refractivity contribution in [3.05, 3.63) is 0 Å². The Morgan fingerprint density at radius 2 is 1.33 bits per heavy atom. The van der Waals surface area contributed by atoms with Crippen LogP contribution >= 0.6 is 18.8 Å². The second-order valence-electron chi connectivity index (χ2n) is 0. The summed E-state index contributed by atoms with van der Waals surface area (Å²) in [5.41, 5.74) is 0. The van der Waals surface area contributed by atoms with Crippen LogP contribution in [-0.4, -0.2) is 0 Å². The van der Waals surface area contributed by atoms with Gasteiger partial charge >= 0.3 is 87.8 Å². The van der Waals surface area contributed by atoms with Gasteiger partial charge in [0.1, 0.15) is 0 Å². The van der Waals surface area contributed by atoms with Gasteiger partial charge in [0, 0.05) is 0 Å². The molecule has 6 heteroatoms. The normalized spacial score (nSPS) is 3.00. The minimum absolute atomic E-state index is 0.222. The van der Waals surface area contributed by atoms with E-state index < -0.39 is 0 Å². The van der Waals surface area contributed by atoms with Crippen molar-refractivity contribution in [1.29, 1.82) is 0 Å². The van der Waals surface area contributed by atoms with E-state index in [-0.39, 0.29) is 26.1 Å².